The van der Waals surface area contributed by atoms with E-state index < -0.39 is 0 Å². The van der Waals surface area contributed by atoms with Crippen LogP contribution in [0, 0.1) is 5.82 Å². The maximum atomic E-state index is 12.8. The highest BCUT2D eigenvalue weighted by molar-refractivity contribution is 9.10. The molecule has 0 unspecified atom stereocenters. The molecule has 2 rings (SSSR count). The van der Waals surface area contributed by atoms with Crippen molar-refractivity contribution < 1.29 is 9.18 Å². The summed E-state index contributed by atoms with van der Waals surface area (Å²) in [6.45, 7) is 2.58. The average molecular weight is 338 g/mol. The first kappa shape index (κ1) is 14.5. The lowest BCUT2D eigenvalue weighted by molar-refractivity contribution is 0.102. The van der Waals surface area contributed by atoms with E-state index in [-0.39, 0.29) is 11.7 Å². The first-order valence-electron chi connectivity index (χ1n) is 6.06. The lowest BCUT2D eigenvalue weighted by Gasteiger charge is -2.10. The molecule has 0 fully saturated rings. The van der Waals surface area contributed by atoms with Gasteiger partial charge >= 0.3 is 0 Å². The number of benzene rings is 1. The Morgan fingerprint density at radius 1 is 1.35 bits per heavy atom. The number of pyridine rings is 1. The molecule has 0 aliphatic carbocycles. The lowest BCUT2D eigenvalue weighted by Crippen LogP contribution is -2.15. The van der Waals surface area contributed by atoms with E-state index in [1.807, 2.05) is 6.92 Å². The van der Waals surface area contributed by atoms with Gasteiger partial charge in [0.2, 0.25) is 0 Å². The van der Waals surface area contributed by atoms with E-state index in [9.17, 15) is 9.18 Å². The van der Waals surface area contributed by atoms with Gasteiger partial charge in [0.05, 0.1) is 5.56 Å². The van der Waals surface area contributed by atoms with Gasteiger partial charge in [-0.05, 0) is 53.2 Å². The third kappa shape index (κ3) is 3.54. The second-order valence-corrected chi connectivity index (χ2v) is 4.96. The van der Waals surface area contributed by atoms with E-state index in [4.69, 9.17) is 0 Å². The summed E-state index contributed by atoms with van der Waals surface area (Å²) in [6.07, 6.45) is 1.62. The molecule has 1 heterocycles. The summed E-state index contributed by atoms with van der Waals surface area (Å²) in [5, 5.41) is 5.73. The fraction of sp³-hybridized carbons (Fsp3) is 0.143. The summed E-state index contributed by atoms with van der Waals surface area (Å²) in [4.78, 5) is 16.4. The molecule has 6 heteroatoms. The largest absolute Gasteiger partial charge is 0.370 e. The van der Waals surface area contributed by atoms with Gasteiger partial charge in [0, 0.05) is 22.9 Å². The van der Waals surface area contributed by atoms with E-state index in [2.05, 4.69) is 31.5 Å². The van der Waals surface area contributed by atoms with E-state index in [0.29, 0.717) is 28.1 Å². The van der Waals surface area contributed by atoms with Gasteiger partial charge in [-0.1, -0.05) is 0 Å². The molecule has 0 radical (unpaired) electrons. The Hall–Kier alpha value is -1.95. The zero-order valence-corrected chi connectivity index (χ0v) is 12.4. The fourth-order valence-corrected chi connectivity index (χ4v) is 1.98. The molecule has 1 aromatic carbocycles. The summed E-state index contributed by atoms with van der Waals surface area (Å²) < 4.78 is 13.5. The first-order valence-corrected chi connectivity index (χ1v) is 6.85. The molecular formula is C14H13BrFN3O. The minimum atomic E-state index is -0.347. The molecule has 4 nitrogen and oxygen atoms in total. The molecule has 0 saturated carbocycles. The van der Waals surface area contributed by atoms with Crippen molar-refractivity contribution in [3.8, 4) is 0 Å². The molecular weight excluding hydrogens is 325 g/mol. The Labute approximate surface area is 124 Å². The predicted molar refractivity (Wildman–Crippen MR) is 80.5 cm³/mol. The van der Waals surface area contributed by atoms with Crippen LogP contribution >= 0.6 is 15.9 Å². The van der Waals surface area contributed by atoms with Gasteiger partial charge in [-0.3, -0.25) is 4.79 Å². The second-order valence-electron chi connectivity index (χ2n) is 4.04. The number of carbonyl (C=O) groups excluding carboxylic acids is 1. The number of carbonyl (C=O) groups is 1. The number of anilines is 2. The van der Waals surface area contributed by atoms with Crippen molar-refractivity contribution >= 4 is 33.3 Å². The number of hydrogen-bond acceptors (Lipinski definition) is 3. The third-order valence-corrected chi connectivity index (χ3v) is 2.98. The van der Waals surface area contributed by atoms with Crippen molar-refractivity contribution in [2.45, 2.75) is 6.92 Å². The maximum absolute atomic E-state index is 12.8. The number of rotatable bonds is 4. The van der Waals surface area contributed by atoms with Gasteiger partial charge in [0.15, 0.2) is 0 Å². The van der Waals surface area contributed by atoms with Crippen LogP contribution in [-0.2, 0) is 0 Å². The maximum Gasteiger partial charge on any atom is 0.259 e. The Kier molecular flexibility index (Phi) is 4.68. The predicted octanol–water partition coefficient (Wildman–Crippen LogP) is 3.67. The van der Waals surface area contributed by atoms with Gasteiger partial charge in [0.25, 0.3) is 5.91 Å². The zero-order chi connectivity index (χ0) is 14.5. The summed E-state index contributed by atoms with van der Waals surface area (Å²) in [6, 6.07) is 7.28. The molecule has 0 aliphatic rings. The number of halogens is 2. The molecule has 0 bridgehead atoms. The standard InChI is InChI=1S/C14H13BrFN3O/c1-2-17-13-12(7-9(15)8-18-13)14(20)19-11-5-3-10(16)4-6-11/h3-8H,2H2,1H3,(H,17,18)(H,19,20). The third-order valence-electron chi connectivity index (χ3n) is 2.55. The smallest absolute Gasteiger partial charge is 0.259 e. The van der Waals surface area contributed by atoms with Gasteiger partial charge in [-0.15, -0.1) is 0 Å². The van der Waals surface area contributed by atoms with Crippen LogP contribution in [0.4, 0.5) is 15.9 Å². The summed E-state index contributed by atoms with van der Waals surface area (Å²) in [5.74, 6) is -0.142. The van der Waals surface area contributed by atoms with Crippen molar-refractivity contribution in [2.24, 2.45) is 0 Å². The Morgan fingerprint density at radius 3 is 2.70 bits per heavy atom. The van der Waals surface area contributed by atoms with Crippen LogP contribution in [0.3, 0.4) is 0 Å². The summed E-state index contributed by atoms with van der Waals surface area (Å²) in [7, 11) is 0. The average Bonchev–Trinajstić information content (AvgIpc) is 2.43. The molecule has 0 aliphatic heterocycles. The Morgan fingerprint density at radius 2 is 2.05 bits per heavy atom. The van der Waals surface area contributed by atoms with E-state index in [1.54, 1.807) is 12.3 Å². The number of nitrogens with zero attached hydrogens (tertiary/aromatic N) is 1. The van der Waals surface area contributed by atoms with Crippen molar-refractivity contribution in [3.05, 3.63) is 52.4 Å². The second kappa shape index (κ2) is 6.47. The summed E-state index contributed by atoms with van der Waals surface area (Å²) >= 11 is 3.29. The van der Waals surface area contributed by atoms with E-state index in [0.717, 1.165) is 0 Å². The van der Waals surface area contributed by atoms with Crippen LogP contribution in [0.1, 0.15) is 17.3 Å². The number of nitrogens with one attached hydrogen (secondary N) is 2. The molecule has 2 aromatic rings. The normalized spacial score (nSPS) is 10.2. The highest BCUT2D eigenvalue weighted by Gasteiger charge is 2.13. The van der Waals surface area contributed by atoms with Crippen LogP contribution in [0.15, 0.2) is 41.0 Å². The van der Waals surface area contributed by atoms with Crippen LogP contribution in [0.25, 0.3) is 0 Å². The first-order chi connectivity index (χ1) is 9.60. The Balaban J connectivity index is 2.23. The highest BCUT2D eigenvalue weighted by Crippen LogP contribution is 2.19. The monoisotopic (exact) mass is 337 g/mol. The Bertz CT molecular complexity index is 616. The lowest BCUT2D eigenvalue weighted by atomic mass is 10.2. The molecule has 104 valence electrons. The molecule has 0 saturated heterocycles. The number of amides is 1. The van der Waals surface area contributed by atoms with Gasteiger partial charge in [-0.2, -0.15) is 0 Å². The zero-order valence-electron chi connectivity index (χ0n) is 10.8. The van der Waals surface area contributed by atoms with Crippen LogP contribution in [0.2, 0.25) is 0 Å². The minimum Gasteiger partial charge on any atom is -0.370 e. The van der Waals surface area contributed by atoms with Crippen molar-refractivity contribution in [2.75, 3.05) is 17.2 Å². The molecule has 2 N–H and O–H groups in total. The van der Waals surface area contributed by atoms with Crippen LogP contribution < -0.4 is 10.6 Å². The molecule has 1 amide bonds. The van der Waals surface area contributed by atoms with E-state index in [1.165, 1.54) is 24.3 Å². The van der Waals surface area contributed by atoms with Crippen LogP contribution in [0.5, 0.6) is 0 Å². The van der Waals surface area contributed by atoms with E-state index >= 15 is 0 Å². The minimum absolute atomic E-state index is 0.304. The molecule has 0 spiro atoms. The topological polar surface area (TPSA) is 54.0 Å². The van der Waals surface area contributed by atoms with Gasteiger partial charge < -0.3 is 10.6 Å². The number of aromatic nitrogens is 1. The van der Waals surface area contributed by atoms with Crippen molar-refractivity contribution in [1.29, 1.82) is 0 Å². The summed E-state index contributed by atoms with van der Waals surface area (Å²) in [5.41, 5.74) is 0.948. The van der Waals surface area contributed by atoms with Gasteiger partial charge in [-0.25, -0.2) is 9.37 Å². The van der Waals surface area contributed by atoms with Crippen LogP contribution in [-0.4, -0.2) is 17.4 Å². The number of hydrogen-bond donors (Lipinski definition) is 2. The molecule has 1 aromatic heterocycles. The van der Waals surface area contributed by atoms with Crippen molar-refractivity contribution in [1.82, 2.24) is 4.98 Å². The molecule has 0 atom stereocenters. The fourth-order valence-electron chi connectivity index (χ4n) is 1.65. The highest BCUT2D eigenvalue weighted by atomic mass is 79.9. The SMILES string of the molecule is CCNc1ncc(Br)cc1C(=O)Nc1ccc(F)cc1. The quantitative estimate of drug-likeness (QED) is 0.894. The molecule has 20 heavy (non-hydrogen) atoms. The van der Waals surface area contributed by atoms with Gasteiger partial charge in [0.1, 0.15) is 11.6 Å². The van der Waals surface area contributed by atoms with Crippen molar-refractivity contribution in [3.63, 3.8) is 0 Å².